The van der Waals surface area contributed by atoms with Crippen LogP contribution in [0.2, 0.25) is 0 Å². The Morgan fingerprint density at radius 3 is 0.765 bits per heavy atom. The number of hydrogen-bond donors (Lipinski definition) is 4. The van der Waals surface area contributed by atoms with Crippen molar-refractivity contribution in [1.82, 2.24) is 0 Å². The van der Waals surface area contributed by atoms with Crippen molar-refractivity contribution in [1.29, 1.82) is 0 Å². The minimum Gasteiger partial charge on any atom is -0.481 e. The summed E-state index contributed by atoms with van der Waals surface area (Å²) < 4.78 is 0. The number of hydrogen-bond acceptors (Lipinski definition) is 4. The maximum absolute atomic E-state index is 9.00. The van der Waals surface area contributed by atoms with E-state index in [0.29, 0.717) is 0 Å². The third-order valence-corrected chi connectivity index (χ3v) is 0. The molecule has 0 atom stereocenters. The van der Waals surface area contributed by atoms with Crippen LogP contribution < -0.4 is 0 Å². The van der Waals surface area contributed by atoms with E-state index in [0.717, 1.165) is 6.92 Å². The number of carbonyl (C=O) groups is 1. The Labute approximate surface area is 120 Å². The summed E-state index contributed by atoms with van der Waals surface area (Å²) in [4.78, 5) is 9.00. The van der Waals surface area contributed by atoms with Crippen LogP contribution in [0.15, 0.2) is 0 Å². The minimum atomic E-state index is -0.833. The van der Waals surface area contributed by atoms with Crippen molar-refractivity contribution >= 4 is 5.97 Å². The first-order valence-corrected chi connectivity index (χ1v) is 5.17. The van der Waals surface area contributed by atoms with E-state index >= 15 is 0 Å². The van der Waals surface area contributed by atoms with Crippen molar-refractivity contribution in [2.24, 2.45) is 0 Å². The summed E-state index contributed by atoms with van der Waals surface area (Å²) >= 11 is 0. The summed E-state index contributed by atoms with van der Waals surface area (Å²) in [6.45, 7) is 11.4. The zero-order valence-electron chi connectivity index (χ0n) is 11.9. The van der Waals surface area contributed by atoms with Gasteiger partial charge in [0.05, 0.1) is 0 Å². The topological polar surface area (TPSA) is 98.0 Å². The van der Waals surface area contributed by atoms with Crippen LogP contribution >= 0.6 is 0 Å². The standard InChI is InChI=1S/3C3H8O.C2H4O2.Ti/c3*1-3(2)4;1-2(3)4;/h3*3-4H,1-2H3;1H3,(H,3,4);. The van der Waals surface area contributed by atoms with Gasteiger partial charge in [-0.2, -0.15) is 0 Å². The van der Waals surface area contributed by atoms with Crippen LogP contribution in [0.1, 0.15) is 48.5 Å². The van der Waals surface area contributed by atoms with Gasteiger partial charge >= 0.3 is 0 Å². The molecule has 0 amide bonds. The normalized spacial score (nSPS) is 7.82. The van der Waals surface area contributed by atoms with Gasteiger partial charge in [-0.25, -0.2) is 0 Å². The smallest absolute Gasteiger partial charge is 0.300 e. The Morgan fingerprint density at radius 2 is 0.765 bits per heavy atom. The van der Waals surface area contributed by atoms with Gasteiger partial charge in [0.2, 0.25) is 0 Å². The van der Waals surface area contributed by atoms with E-state index in [9.17, 15) is 0 Å². The average molecular weight is 288 g/mol. The van der Waals surface area contributed by atoms with Crippen LogP contribution in [0, 0.1) is 0 Å². The molecule has 0 aromatic rings. The van der Waals surface area contributed by atoms with Crippen molar-refractivity contribution < 1.29 is 46.9 Å². The van der Waals surface area contributed by atoms with Crippen LogP contribution in [0.5, 0.6) is 0 Å². The predicted molar refractivity (Wildman–Crippen MR) is 65.4 cm³/mol. The zero-order valence-corrected chi connectivity index (χ0v) is 13.5. The SMILES string of the molecule is CC(=O)O.CC(C)O.CC(C)O.CC(C)O.[Ti]. The van der Waals surface area contributed by atoms with Crippen molar-refractivity contribution in [2.45, 2.75) is 66.8 Å². The molecule has 0 aliphatic rings. The number of rotatable bonds is 0. The first-order chi connectivity index (χ1) is 6.93. The number of carboxylic acids is 1. The molecule has 0 aromatic heterocycles. The molecule has 0 spiro atoms. The molecule has 0 unspecified atom stereocenters. The molecule has 17 heavy (non-hydrogen) atoms. The fourth-order valence-corrected chi connectivity index (χ4v) is 0. The number of aliphatic carboxylic acids is 1. The molecular weight excluding hydrogens is 260 g/mol. The summed E-state index contributed by atoms with van der Waals surface area (Å²) in [6.07, 6.45) is -0.500. The molecule has 0 saturated heterocycles. The van der Waals surface area contributed by atoms with E-state index in [2.05, 4.69) is 0 Å². The van der Waals surface area contributed by atoms with Gasteiger partial charge in [0.15, 0.2) is 0 Å². The molecule has 5 nitrogen and oxygen atoms in total. The molecule has 6 heteroatoms. The van der Waals surface area contributed by atoms with E-state index in [4.69, 9.17) is 25.2 Å². The van der Waals surface area contributed by atoms with E-state index in [1.807, 2.05) is 0 Å². The summed E-state index contributed by atoms with van der Waals surface area (Å²) in [5.41, 5.74) is 0. The first kappa shape index (κ1) is 30.3. The Hall–Kier alpha value is 0.0643. The van der Waals surface area contributed by atoms with Crippen LogP contribution in [-0.4, -0.2) is 44.7 Å². The molecular formula is C11H28O5Ti. The summed E-state index contributed by atoms with van der Waals surface area (Å²) in [5, 5.41) is 31.6. The van der Waals surface area contributed by atoms with Crippen molar-refractivity contribution in [3.8, 4) is 0 Å². The second-order valence-electron chi connectivity index (χ2n) is 3.80. The molecule has 0 aliphatic heterocycles. The van der Waals surface area contributed by atoms with E-state index in [1.54, 1.807) is 41.5 Å². The summed E-state index contributed by atoms with van der Waals surface area (Å²) in [7, 11) is 0. The van der Waals surface area contributed by atoms with Crippen molar-refractivity contribution in [3.05, 3.63) is 0 Å². The van der Waals surface area contributed by atoms with E-state index in [-0.39, 0.29) is 40.0 Å². The Bertz CT molecular complexity index is 101. The number of aliphatic hydroxyl groups is 3. The Balaban J connectivity index is -0.0000000369. The maximum Gasteiger partial charge on any atom is 0.300 e. The molecule has 0 aromatic carbocycles. The number of carboxylic acid groups (broad SMARTS) is 1. The third-order valence-electron chi connectivity index (χ3n) is 0. The van der Waals surface area contributed by atoms with E-state index in [1.165, 1.54) is 0 Å². The zero-order chi connectivity index (χ0) is 14.3. The summed E-state index contributed by atoms with van der Waals surface area (Å²) in [6, 6.07) is 0. The van der Waals surface area contributed by atoms with Crippen molar-refractivity contribution in [3.63, 3.8) is 0 Å². The first-order valence-electron chi connectivity index (χ1n) is 5.17. The van der Waals surface area contributed by atoms with Crippen LogP contribution in [0.25, 0.3) is 0 Å². The second kappa shape index (κ2) is 25.0. The van der Waals surface area contributed by atoms with Gasteiger partial charge in [-0.15, -0.1) is 0 Å². The van der Waals surface area contributed by atoms with Gasteiger partial charge in [0, 0.05) is 47.0 Å². The molecule has 0 fully saturated rings. The number of aliphatic hydroxyl groups excluding tert-OH is 3. The Morgan fingerprint density at radius 1 is 0.765 bits per heavy atom. The van der Waals surface area contributed by atoms with E-state index < -0.39 is 5.97 Å². The molecule has 0 rings (SSSR count). The van der Waals surface area contributed by atoms with Gasteiger partial charge in [0.25, 0.3) is 5.97 Å². The average Bonchev–Trinajstić information content (AvgIpc) is 1.76. The van der Waals surface area contributed by atoms with Gasteiger partial charge in [0.1, 0.15) is 0 Å². The molecule has 0 bridgehead atoms. The molecule has 0 aliphatic carbocycles. The van der Waals surface area contributed by atoms with Crippen LogP contribution in [0.4, 0.5) is 0 Å². The fraction of sp³-hybridized carbons (Fsp3) is 0.909. The molecule has 0 heterocycles. The maximum atomic E-state index is 9.00. The monoisotopic (exact) mass is 288 g/mol. The van der Waals surface area contributed by atoms with Gasteiger partial charge in [-0.1, -0.05) is 0 Å². The molecule has 4 N–H and O–H groups in total. The minimum absolute atomic E-state index is 0. The van der Waals surface area contributed by atoms with Crippen molar-refractivity contribution in [2.75, 3.05) is 0 Å². The van der Waals surface area contributed by atoms with Crippen LogP contribution in [0.3, 0.4) is 0 Å². The van der Waals surface area contributed by atoms with Gasteiger partial charge in [-0.3, -0.25) is 4.79 Å². The molecule has 0 saturated carbocycles. The molecule has 106 valence electrons. The van der Waals surface area contributed by atoms with Gasteiger partial charge < -0.3 is 20.4 Å². The Kier molecular flexibility index (Phi) is 44.6. The predicted octanol–water partition coefficient (Wildman–Crippen LogP) is 1.25. The fourth-order valence-electron chi connectivity index (χ4n) is 0. The molecule has 0 radical (unpaired) electrons. The quantitative estimate of drug-likeness (QED) is 0.503. The van der Waals surface area contributed by atoms with Gasteiger partial charge in [-0.05, 0) is 41.5 Å². The third kappa shape index (κ3) is 769000. The van der Waals surface area contributed by atoms with Crippen LogP contribution in [-0.2, 0) is 26.5 Å². The summed E-state index contributed by atoms with van der Waals surface area (Å²) in [5.74, 6) is -0.833. The second-order valence-corrected chi connectivity index (χ2v) is 3.80. The largest absolute Gasteiger partial charge is 0.481 e.